The number of carbonyl (C=O) groups excluding carboxylic acids is 2. The van der Waals surface area contributed by atoms with Crippen molar-refractivity contribution in [2.24, 2.45) is 17.8 Å². The first-order valence-electron chi connectivity index (χ1n) is 16.5. The lowest BCUT2D eigenvalue weighted by Crippen LogP contribution is -2.55. The molecule has 10 heteroatoms. The van der Waals surface area contributed by atoms with Crippen LogP contribution in [0.25, 0.3) is 0 Å². The molecular formula is C38H43F2NO7. The molecule has 0 bridgehead atoms. The molecule has 3 aromatic rings. The van der Waals surface area contributed by atoms with Crippen LogP contribution in [0.1, 0.15) is 74.8 Å². The predicted octanol–water partition coefficient (Wildman–Crippen LogP) is 6.61. The minimum absolute atomic E-state index is 0.0526. The van der Waals surface area contributed by atoms with Crippen LogP contribution in [0.4, 0.5) is 14.5 Å². The number of ether oxygens (including phenoxy) is 2. The first-order valence-corrected chi connectivity index (χ1v) is 16.5. The van der Waals surface area contributed by atoms with Crippen LogP contribution < -0.4 is 4.90 Å². The summed E-state index contributed by atoms with van der Waals surface area (Å²) in [4.78, 5) is 38.9. The van der Waals surface area contributed by atoms with E-state index in [-0.39, 0.29) is 54.8 Å². The number of anilines is 1. The molecule has 0 aromatic heterocycles. The monoisotopic (exact) mass is 663 g/mol. The Kier molecular flexibility index (Phi) is 11.4. The summed E-state index contributed by atoms with van der Waals surface area (Å²) in [5.74, 6) is -2.50. The molecule has 4 atom stereocenters. The van der Waals surface area contributed by atoms with E-state index in [1.807, 2.05) is 38.1 Å². The number of rotatable bonds is 17. The number of Topliss-reactive ketones (excluding diaryl/α,β-unsaturated/α-hetero) is 1. The van der Waals surface area contributed by atoms with Crippen molar-refractivity contribution in [3.8, 4) is 0 Å². The lowest BCUT2D eigenvalue weighted by atomic mass is 9.78. The lowest BCUT2D eigenvalue weighted by molar-refractivity contribution is -0.212. The second-order valence-electron chi connectivity index (χ2n) is 13.4. The van der Waals surface area contributed by atoms with Crippen LogP contribution in [0.3, 0.4) is 0 Å². The Bertz CT molecular complexity index is 1560. The number of aryl methyl sites for hydroxylation is 1. The van der Waals surface area contributed by atoms with Gasteiger partial charge < -0.3 is 24.6 Å². The number of nitrogens with zero attached hydrogens (tertiary/aromatic N) is 1. The zero-order chi connectivity index (χ0) is 34.4. The van der Waals surface area contributed by atoms with Crippen molar-refractivity contribution in [1.29, 1.82) is 0 Å². The SMILES string of the molecule is CC(C)C(CC(=O)O)CC(=O)COC1(CCc2ccc([C@@H]3[C@@H](CC[C@H](O)c4ccc(F)cc4)C(=O)N3c3ccc(F)cc3)cc2)COC1. The van der Waals surface area contributed by atoms with E-state index in [9.17, 15) is 33.4 Å². The van der Waals surface area contributed by atoms with Crippen LogP contribution in [0, 0.1) is 29.4 Å². The van der Waals surface area contributed by atoms with Gasteiger partial charge in [-0.15, -0.1) is 0 Å². The van der Waals surface area contributed by atoms with Crippen LogP contribution in [0.2, 0.25) is 0 Å². The highest BCUT2D eigenvalue weighted by Crippen LogP contribution is 2.46. The van der Waals surface area contributed by atoms with Crippen LogP contribution in [0.5, 0.6) is 0 Å². The average molecular weight is 664 g/mol. The molecule has 256 valence electrons. The number of β-lactam (4-membered cyclic amide) rings is 1. The molecule has 48 heavy (non-hydrogen) atoms. The fourth-order valence-electron chi connectivity index (χ4n) is 6.53. The van der Waals surface area contributed by atoms with Gasteiger partial charge in [-0.2, -0.15) is 0 Å². The average Bonchev–Trinajstić information content (AvgIpc) is 3.04. The summed E-state index contributed by atoms with van der Waals surface area (Å²) in [7, 11) is 0. The molecule has 2 N–H and O–H groups in total. The summed E-state index contributed by atoms with van der Waals surface area (Å²) in [6, 6.07) is 19.1. The first kappa shape index (κ1) is 35.3. The topological polar surface area (TPSA) is 113 Å². The van der Waals surface area contributed by atoms with Gasteiger partial charge in [-0.3, -0.25) is 14.4 Å². The minimum atomic E-state index is -0.916. The predicted molar refractivity (Wildman–Crippen MR) is 175 cm³/mol. The highest BCUT2D eigenvalue weighted by atomic mass is 19.1. The normalized spacial score (nSPS) is 19.8. The molecule has 2 aliphatic rings. The van der Waals surface area contributed by atoms with Crippen molar-refractivity contribution in [1.82, 2.24) is 0 Å². The molecule has 0 aliphatic carbocycles. The lowest BCUT2D eigenvalue weighted by Gasteiger charge is -2.48. The summed E-state index contributed by atoms with van der Waals surface area (Å²) in [6.07, 6.45) is 1.30. The Morgan fingerprint density at radius 2 is 1.58 bits per heavy atom. The quantitative estimate of drug-likeness (QED) is 0.156. The van der Waals surface area contributed by atoms with Gasteiger partial charge in [-0.05, 0) is 90.6 Å². The van der Waals surface area contributed by atoms with Gasteiger partial charge in [0.05, 0.1) is 31.3 Å². The number of hydrogen-bond acceptors (Lipinski definition) is 6. The first-order chi connectivity index (χ1) is 22.9. The minimum Gasteiger partial charge on any atom is -0.481 e. The molecule has 8 nitrogen and oxygen atoms in total. The molecule has 0 radical (unpaired) electrons. The number of ketones is 1. The van der Waals surface area contributed by atoms with Gasteiger partial charge in [-0.25, -0.2) is 8.78 Å². The Hall–Kier alpha value is -3.99. The van der Waals surface area contributed by atoms with E-state index in [0.717, 1.165) is 11.1 Å². The van der Waals surface area contributed by atoms with E-state index in [4.69, 9.17) is 9.47 Å². The zero-order valence-corrected chi connectivity index (χ0v) is 27.3. The standard InChI is InChI=1S/C38H43F2NO7/c1-24(2)28(20-35(44)45)19-32(42)21-48-38(22-47-23-38)18-17-25-3-5-27(6-4-25)36-33(15-16-34(43)26-7-9-29(39)10-8-26)37(46)41(36)31-13-11-30(40)12-14-31/h3-14,24,28,33-34,36,43H,15-23H2,1-2H3,(H,44,45)/t28?,33-,34+,36-/m1/s1. The Balaban J connectivity index is 1.22. The molecular weight excluding hydrogens is 620 g/mol. The van der Waals surface area contributed by atoms with Gasteiger partial charge in [0.15, 0.2) is 5.78 Å². The molecule has 1 amide bonds. The van der Waals surface area contributed by atoms with Crippen LogP contribution in [-0.2, 0) is 30.3 Å². The van der Waals surface area contributed by atoms with Crippen molar-refractivity contribution in [2.45, 2.75) is 70.1 Å². The fourth-order valence-corrected chi connectivity index (χ4v) is 6.53. The number of halogens is 2. The molecule has 2 heterocycles. The number of aliphatic hydroxyl groups excluding tert-OH is 1. The highest BCUT2D eigenvalue weighted by molar-refractivity contribution is 6.03. The fraction of sp³-hybridized carbons (Fsp3) is 0.447. The zero-order valence-electron chi connectivity index (χ0n) is 27.3. The molecule has 1 unspecified atom stereocenters. The molecule has 2 saturated heterocycles. The molecule has 3 aromatic carbocycles. The van der Waals surface area contributed by atoms with Crippen LogP contribution in [0.15, 0.2) is 72.8 Å². The van der Waals surface area contributed by atoms with Gasteiger partial charge in [0.25, 0.3) is 0 Å². The molecule has 0 saturated carbocycles. The molecule has 2 aliphatic heterocycles. The van der Waals surface area contributed by atoms with Crippen LogP contribution in [-0.4, -0.2) is 53.3 Å². The second kappa shape index (κ2) is 15.5. The summed E-state index contributed by atoms with van der Waals surface area (Å²) in [6.45, 7) is 4.50. The van der Waals surface area contributed by atoms with E-state index >= 15 is 0 Å². The smallest absolute Gasteiger partial charge is 0.303 e. The van der Waals surface area contributed by atoms with E-state index < -0.39 is 29.4 Å². The summed E-state index contributed by atoms with van der Waals surface area (Å²) in [5, 5.41) is 19.9. The second-order valence-corrected chi connectivity index (χ2v) is 13.4. The largest absolute Gasteiger partial charge is 0.481 e. The Morgan fingerprint density at radius 3 is 2.15 bits per heavy atom. The van der Waals surface area contributed by atoms with Crippen molar-refractivity contribution in [3.63, 3.8) is 0 Å². The van der Waals surface area contributed by atoms with Crippen molar-refractivity contribution in [3.05, 3.63) is 101 Å². The van der Waals surface area contributed by atoms with Crippen molar-refractivity contribution >= 4 is 23.3 Å². The van der Waals surface area contributed by atoms with Gasteiger partial charge in [0, 0.05) is 18.5 Å². The molecule has 2 fully saturated rings. The number of aliphatic hydroxyl groups is 1. The summed E-state index contributed by atoms with van der Waals surface area (Å²) >= 11 is 0. The summed E-state index contributed by atoms with van der Waals surface area (Å²) < 4.78 is 38.6. The maximum Gasteiger partial charge on any atom is 0.303 e. The number of aliphatic carboxylic acids is 1. The van der Waals surface area contributed by atoms with Crippen molar-refractivity contribution in [2.75, 3.05) is 24.7 Å². The van der Waals surface area contributed by atoms with E-state index in [1.54, 1.807) is 17.0 Å². The number of carbonyl (C=O) groups is 3. The molecule has 5 rings (SSSR count). The number of amides is 1. The number of benzene rings is 3. The third kappa shape index (κ3) is 8.53. The molecule has 0 spiro atoms. The Labute approximate surface area is 279 Å². The van der Waals surface area contributed by atoms with Gasteiger partial charge in [0.2, 0.25) is 5.91 Å². The van der Waals surface area contributed by atoms with E-state index in [1.165, 1.54) is 36.4 Å². The van der Waals surface area contributed by atoms with E-state index in [0.29, 0.717) is 50.1 Å². The van der Waals surface area contributed by atoms with Crippen molar-refractivity contribution < 1.29 is 42.9 Å². The highest BCUT2D eigenvalue weighted by Gasteiger charge is 2.48. The number of carboxylic acid groups (broad SMARTS) is 1. The third-order valence-corrected chi connectivity index (χ3v) is 9.65. The van der Waals surface area contributed by atoms with Gasteiger partial charge in [0.1, 0.15) is 23.8 Å². The maximum absolute atomic E-state index is 13.7. The number of hydrogen-bond donors (Lipinski definition) is 2. The Morgan fingerprint density at radius 1 is 0.958 bits per heavy atom. The van der Waals surface area contributed by atoms with E-state index in [2.05, 4.69) is 0 Å². The van der Waals surface area contributed by atoms with Crippen LogP contribution >= 0.6 is 0 Å². The third-order valence-electron chi connectivity index (χ3n) is 9.65. The number of carboxylic acids is 1. The maximum atomic E-state index is 13.7. The summed E-state index contributed by atoms with van der Waals surface area (Å²) in [5.41, 5.74) is 2.55. The van der Waals surface area contributed by atoms with Gasteiger partial charge in [-0.1, -0.05) is 50.2 Å². The van der Waals surface area contributed by atoms with Gasteiger partial charge >= 0.3 is 5.97 Å².